The first kappa shape index (κ1) is 20.1. The molecule has 2 aromatic heterocycles. The lowest BCUT2D eigenvalue weighted by Gasteiger charge is -2.18. The summed E-state index contributed by atoms with van der Waals surface area (Å²) >= 11 is 0. The first-order chi connectivity index (χ1) is 12.7. The smallest absolute Gasteiger partial charge is 0.191 e. The second kappa shape index (κ2) is 9.01. The Morgan fingerprint density at radius 3 is 2.74 bits per heavy atom. The van der Waals surface area contributed by atoms with Gasteiger partial charge in [0.15, 0.2) is 5.96 Å². The van der Waals surface area contributed by atoms with Crippen LogP contribution < -0.4 is 10.6 Å². The van der Waals surface area contributed by atoms with E-state index in [1.165, 1.54) is 25.8 Å². The van der Waals surface area contributed by atoms with Gasteiger partial charge in [-0.25, -0.2) is 9.97 Å². The second-order valence-corrected chi connectivity index (χ2v) is 7.15. The quantitative estimate of drug-likeness (QED) is 0.389. The minimum Gasteiger partial charge on any atom is -0.352 e. The summed E-state index contributed by atoms with van der Waals surface area (Å²) in [6.07, 6.45) is 9.56. The molecule has 1 saturated carbocycles. The molecule has 1 atom stereocenters. The van der Waals surface area contributed by atoms with Gasteiger partial charge in [0.2, 0.25) is 0 Å². The predicted molar refractivity (Wildman–Crippen MR) is 118 cm³/mol. The molecule has 0 bridgehead atoms. The number of halogens is 1. The number of aliphatic imine (C=N–C) groups is 1. The van der Waals surface area contributed by atoms with Crippen molar-refractivity contribution in [2.24, 2.45) is 4.99 Å². The number of aryl methyl sites for hydroxylation is 1. The number of nitrogens with one attached hydrogen (secondary N) is 2. The maximum Gasteiger partial charge on any atom is 0.191 e. The highest BCUT2D eigenvalue weighted by Gasteiger charge is 2.34. The van der Waals surface area contributed by atoms with E-state index in [-0.39, 0.29) is 24.0 Å². The van der Waals surface area contributed by atoms with Gasteiger partial charge < -0.3 is 10.6 Å². The van der Waals surface area contributed by atoms with Gasteiger partial charge in [-0.05, 0) is 37.8 Å². The first-order valence-corrected chi connectivity index (χ1v) is 9.39. The van der Waals surface area contributed by atoms with Crippen LogP contribution in [0.1, 0.15) is 30.7 Å². The first-order valence-electron chi connectivity index (χ1n) is 9.39. The number of nitrogens with zero attached hydrogens (tertiary/aromatic N) is 5. The van der Waals surface area contributed by atoms with Crippen molar-refractivity contribution in [1.29, 1.82) is 0 Å². The van der Waals surface area contributed by atoms with Gasteiger partial charge in [-0.3, -0.25) is 14.5 Å². The summed E-state index contributed by atoms with van der Waals surface area (Å²) in [6, 6.07) is 5.45. The van der Waals surface area contributed by atoms with Crippen LogP contribution in [0.5, 0.6) is 0 Å². The van der Waals surface area contributed by atoms with Gasteiger partial charge in [0, 0.05) is 57.4 Å². The second-order valence-electron chi connectivity index (χ2n) is 7.15. The Morgan fingerprint density at radius 1 is 1.26 bits per heavy atom. The highest BCUT2D eigenvalue weighted by atomic mass is 127. The number of likely N-dealkylation sites (tertiary alicyclic amines) is 1. The third kappa shape index (κ3) is 4.98. The lowest BCUT2D eigenvalue weighted by Crippen LogP contribution is -2.44. The zero-order valence-electron chi connectivity index (χ0n) is 15.9. The number of rotatable bonds is 5. The zero-order chi connectivity index (χ0) is 17.9. The van der Waals surface area contributed by atoms with Gasteiger partial charge in [0.25, 0.3) is 0 Å². The van der Waals surface area contributed by atoms with Crippen LogP contribution in [-0.4, -0.2) is 57.6 Å². The molecule has 4 rings (SSSR count). The normalized spacial score (nSPS) is 20.4. The minimum atomic E-state index is 0. The van der Waals surface area contributed by atoms with E-state index in [1.54, 1.807) is 6.20 Å². The van der Waals surface area contributed by atoms with Gasteiger partial charge in [0.05, 0.1) is 0 Å². The van der Waals surface area contributed by atoms with E-state index in [0.29, 0.717) is 12.6 Å². The standard InChI is InChI=1S/C19H27N7.HI/c1-14-21-8-10-26(14)18-6-3-15(11-22-18)12-23-19(20-2)24-16-7-9-25(13-16)17-4-5-17;/h3,6,8,10-11,16-17H,4-5,7,9,12-13H2,1-2H3,(H2,20,23,24);1H. The fourth-order valence-corrected chi connectivity index (χ4v) is 3.53. The molecule has 1 aliphatic carbocycles. The summed E-state index contributed by atoms with van der Waals surface area (Å²) in [5, 5.41) is 6.95. The maximum atomic E-state index is 4.54. The molecule has 0 amide bonds. The molecule has 1 aliphatic heterocycles. The third-order valence-electron chi connectivity index (χ3n) is 5.19. The Morgan fingerprint density at radius 2 is 2.11 bits per heavy atom. The average Bonchev–Trinajstić information content (AvgIpc) is 3.26. The Bertz CT molecular complexity index is 767. The fourth-order valence-electron chi connectivity index (χ4n) is 3.53. The zero-order valence-corrected chi connectivity index (χ0v) is 18.3. The van der Waals surface area contributed by atoms with Crippen LogP contribution in [0.15, 0.2) is 35.7 Å². The summed E-state index contributed by atoms with van der Waals surface area (Å²) in [6.45, 7) is 5.01. The van der Waals surface area contributed by atoms with Crippen LogP contribution >= 0.6 is 24.0 Å². The molecule has 2 N–H and O–H groups in total. The van der Waals surface area contributed by atoms with E-state index in [9.17, 15) is 0 Å². The van der Waals surface area contributed by atoms with Gasteiger partial charge >= 0.3 is 0 Å². The maximum absolute atomic E-state index is 4.54. The van der Waals surface area contributed by atoms with Crippen molar-refractivity contribution in [3.05, 3.63) is 42.1 Å². The van der Waals surface area contributed by atoms with E-state index < -0.39 is 0 Å². The molecule has 27 heavy (non-hydrogen) atoms. The van der Waals surface area contributed by atoms with Crippen molar-refractivity contribution < 1.29 is 0 Å². The van der Waals surface area contributed by atoms with E-state index >= 15 is 0 Å². The van der Waals surface area contributed by atoms with E-state index in [4.69, 9.17) is 0 Å². The molecule has 1 unspecified atom stereocenters. The van der Waals surface area contributed by atoms with Crippen LogP contribution in [0, 0.1) is 6.92 Å². The molecule has 0 radical (unpaired) electrons. The summed E-state index contributed by atoms with van der Waals surface area (Å²) in [7, 11) is 1.83. The molecule has 146 valence electrons. The lowest BCUT2D eigenvalue weighted by molar-refractivity contribution is 0.321. The number of hydrogen-bond donors (Lipinski definition) is 2. The highest BCUT2D eigenvalue weighted by molar-refractivity contribution is 14.0. The van der Waals surface area contributed by atoms with Crippen LogP contribution in [0.25, 0.3) is 5.82 Å². The van der Waals surface area contributed by atoms with Gasteiger partial charge in [-0.1, -0.05) is 6.07 Å². The van der Waals surface area contributed by atoms with Crippen molar-refractivity contribution >= 4 is 29.9 Å². The third-order valence-corrected chi connectivity index (χ3v) is 5.19. The molecule has 0 spiro atoms. The Kier molecular flexibility index (Phi) is 6.69. The van der Waals surface area contributed by atoms with Crippen molar-refractivity contribution in [3.63, 3.8) is 0 Å². The van der Waals surface area contributed by atoms with E-state index in [0.717, 1.165) is 35.8 Å². The molecule has 3 heterocycles. The van der Waals surface area contributed by atoms with Crippen LogP contribution in [-0.2, 0) is 6.54 Å². The van der Waals surface area contributed by atoms with Crippen molar-refractivity contribution in [2.75, 3.05) is 20.1 Å². The van der Waals surface area contributed by atoms with E-state index in [1.807, 2.05) is 37.0 Å². The number of imidazole rings is 1. The van der Waals surface area contributed by atoms with Gasteiger partial charge in [-0.15, -0.1) is 24.0 Å². The molecule has 2 aliphatic rings. The molecule has 2 fully saturated rings. The number of guanidine groups is 1. The highest BCUT2D eigenvalue weighted by Crippen LogP contribution is 2.29. The number of hydrogen-bond acceptors (Lipinski definition) is 4. The molecule has 0 aromatic carbocycles. The lowest BCUT2D eigenvalue weighted by atomic mass is 10.2. The summed E-state index contributed by atoms with van der Waals surface area (Å²) in [5.74, 6) is 2.68. The van der Waals surface area contributed by atoms with Crippen LogP contribution in [0.2, 0.25) is 0 Å². The summed E-state index contributed by atoms with van der Waals surface area (Å²) in [5.41, 5.74) is 1.13. The molecular weight excluding hydrogens is 453 g/mol. The SMILES string of the molecule is CN=C(NCc1ccc(-n2ccnc2C)nc1)NC1CCN(C2CC2)C1.I. The Labute approximate surface area is 177 Å². The van der Waals surface area contributed by atoms with Crippen LogP contribution in [0.4, 0.5) is 0 Å². The molecule has 8 heteroatoms. The monoisotopic (exact) mass is 481 g/mol. The largest absolute Gasteiger partial charge is 0.352 e. The van der Waals surface area contributed by atoms with E-state index in [2.05, 4.69) is 36.6 Å². The van der Waals surface area contributed by atoms with Gasteiger partial charge in [0.1, 0.15) is 11.6 Å². The molecule has 2 aromatic rings. The average molecular weight is 481 g/mol. The molecule has 7 nitrogen and oxygen atoms in total. The predicted octanol–water partition coefficient (Wildman–Crippen LogP) is 2.10. The van der Waals surface area contributed by atoms with Gasteiger partial charge in [-0.2, -0.15) is 0 Å². The van der Waals surface area contributed by atoms with Crippen molar-refractivity contribution in [2.45, 2.75) is 44.8 Å². The Hall–Kier alpha value is -1.68. The summed E-state index contributed by atoms with van der Waals surface area (Å²) in [4.78, 5) is 15.7. The van der Waals surface area contributed by atoms with Crippen molar-refractivity contribution in [1.82, 2.24) is 30.1 Å². The molecule has 1 saturated heterocycles. The number of aromatic nitrogens is 3. The minimum absolute atomic E-state index is 0. The van der Waals surface area contributed by atoms with Crippen LogP contribution in [0.3, 0.4) is 0 Å². The fraction of sp³-hybridized carbons (Fsp3) is 0.526. The summed E-state index contributed by atoms with van der Waals surface area (Å²) < 4.78 is 1.98. The molecular formula is C19H28IN7. The Balaban J connectivity index is 0.00000210. The number of pyridine rings is 1. The topological polar surface area (TPSA) is 70.4 Å². The van der Waals surface area contributed by atoms with Crippen molar-refractivity contribution in [3.8, 4) is 5.82 Å².